The van der Waals surface area contributed by atoms with Crippen LogP contribution < -0.4 is 15.4 Å². The van der Waals surface area contributed by atoms with Gasteiger partial charge in [0.15, 0.2) is 11.6 Å². The second kappa shape index (κ2) is 6.87. The lowest BCUT2D eigenvalue weighted by atomic mass is 9.89. The number of aromatic nitrogens is 1. The fraction of sp³-hybridized carbons (Fsp3) is 0.368. The molecule has 0 bridgehead atoms. The molecular weight excluding hydrogens is 394 g/mol. The van der Waals surface area contributed by atoms with Gasteiger partial charge in [-0.05, 0) is 50.6 Å². The van der Waals surface area contributed by atoms with Crippen molar-refractivity contribution in [2.24, 2.45) is 5.73 Å². The Labute approximate surface area is 164 Å². The summed E-state index contributed by atoms with van der Waals surface area (Å²) in [6.45, 7) is 4.98. The quantitative estimate of drug-likeness (QED) is 0.751. The Balaban J connectivity index is 2.00. The molecule has 10 heteroatoms. The highest BCUT2D eigenvalue weighted by Gasteiger charge is 2.46. The van der Waals surface area contributed by atoms with Crippen molar-refractivity contribution >= 4 is 11.8 Å². The molecule has 1 amide bonds. The molecule has 0 saturated carbocycles. The molecular formula is C19H19F4N3O3. The summed E-state index contributed by atoms with van der Waals surface area (Å²) in [7, 11) is 0. The first kappa shape index (κ1) is 20.8. The lowest BCUT2D eigenvalue weighted by molar-refractivity contribution is -0.275. The number of benzene rings is 1. The number of anilines is 1. The van der Waals surface area contributed by atoms with Crippen molar-refractivity contribution in [2.45, 2.75) is 38.3 Å². The van der Waals surface area contributed by atoms with Crippen molar-refractivity contribution in [3.63, 3.8) is 0 Å². The molecule has 6 nitrogen and oxygen atoms in total. The molecule has 2 aromatic rings. The maximum atomic E-state index is 14.3. The summed E-state index contributed by atoms with van der Waals surface area (Å²) >= 11 is 0. The minimum atomic E-state index is -5.03. The van der Waals surface area contributed by atoms with E-state index in [2.05, 4.69) is 9.72 Å². The number of rotatable bonds is 2. The number of pyridine rings is 1. The van der Waals surface area contributed by atoms with Crippen LogP contribution in [0.4, 0.5) is 28.0 Å². The largest absolute Gasteiger partial charge is 0.573 e. The number of ether oxygens (including phenoxy) is 2. The number of hydrogen-bond donors (Lipinski definition) is 1. The van der Waals surface area contributed by atoms with Gasteiger partial charge in [-0.3, -0.25) is 9.88 Å². The van der Waals surface area contributed by atoms with Gasteiger partial charge in [0, 0.05) is 6.20 Å². The molecule has 1 atom stereocenters. The third kappa shape index (κ3) is 4.26. The van der Waals surface area contributed by atoms with Crippen molar-refractivity contribution in [3.8, 4) is 5.75 Å². The predicted molar refractivity (Wildman–Crippen MR) is 95.9 cm³/mol. The van der Waals surface area contributed by atoms with Crippen molar-refractivity contribution < 1.29 is 31.8 Å². The average Bonchev–Trinajstić information content (AvgIpc) is 2.89. The van der Waals surface area contributed by atoms with Crippen molar-refractivity contribution in [3.05, 3.63) is 53.6 Å². The summed E-state index contributed by atoms with van der Waals surface area (Å²) in [5.41, 5.74) is 5.06. The molecule has 0 saturated heterocycles. The summed E-state index contributed by atoms with van der Waals surface area (Å²) in [5, 5.41) is 0. The maximum absolute atomic E-state index is 14.3. The molecule has 1 aromatic heterocycles. The summed E-state index contributed by atoms with van der Waals surface area (Å²) in [4.78, 5) is 18.1. The highest BCUT2D eigenvalue weighted by molar-refractivity contribution is 5.91. The summed E-state index contributed by atoms with van der Waals surface area (Å²) < 4.78 is 60.5. The first-order valence-electron chi connectivity index (χ1n) is 8.61. The zero-order valence-corrected chi connectivity index (χ0v) is 15.9. The molecule has 1 aliphatic heterocycles. The van der Waals surface area contributed by atoms with Gasteiger partial charge in [-0.2, -0.15) is 0 Å². The van der Waals surface area contributed by atoms with Crippen LogP contribution in [0.25, 0.3) is 0 Å². The molecule has 1 aromatic carbocycles. The number of carbonyl (C=O) groups is 1. The number of alkyl halides is 3. The van der Waals surface area contributed by atoms with Gasteiger partial charge < -0.3 is 15.2 Å². The second-order valence-corrected chi connectivity index (χ2v) is 7.60. The van der Waals surface area contributed by atoms with Crippen LogP contribution in [0.2, 0.25) is 0 Å². The van der Waals surface area contributed by atoms with E-state index in [4.69, 9.17) is 10.5 Å². The standard InChI is InChI=1S/C19H19F4N3O3/c1-17(2,3)29-16(27)26-10-18(24,15-13(26)5-4-8-25-15)11-6-7-14(12(20)9-11)28-19(21,22)23/h4-9H,10,24H2,1-3H3. The minimum Gasteiger partial charge on any atom is -0.443 e. The molecule has 2 heterocycles. The second-order valence-electron chi connectivity index (χ2n) is 7.60. The van der Waals surface area contributed by atoms with Crippen LogP contribution in [0, 0.1) is 5.82 Å². The van der Waals surface area contributed by atoms with E-state index < -0.39 is 35.2 Å². The minimum absolute atomic E-state index is 0.132. The van der Waals surface area contributed by atoms with Gasteiger partial charge >= 0.3 is 12.5 Å². The predicted octanol–water partition coefficient (Wildman–Crippen LogP) is 4.08. The van der Waals surface area contributed by atoms with Crippen LogP contribution in [0.15, 0.2) is 36.5 Å². The Bertz CT molecular complexity index is 943. The molecule has 3 rings (SSSR count). The van der Waals surface area contributed by atoms with Crippen LogP contribution in [-0.4, -0.2) is 29.6 Å². The maximum Gasteiger partial charge on any atom is 0.573 e. The zero-order valence-electron chi connectivity index (χ0n) is 15.9. The van der Waals surface area contributed by atoms with E-state index >= 15 is 0 Å². The van der Waals surface area contributed by atoms with Crippen LogP contribution in [0.1, 0.15) is 32.0 Å². The van der Waals surface area contributed by atoms with Crippen LogP contribution in [0.5, 0.6) is 5.75 Å². The van der Waals surface area contributed by atoms with E-state index in [1.54, 1.807) is 32.9 Å². The lowest BCUT2D eigenvalue weighted by Crippen LogP contribution is -2.45. The third-order valence-corrected chi connectivity index (χ3v) is 4.19. The van der Waals surface area contributed by atoms with Gasteiger partial charge in [0.25, 0.3) is 0 Å². The van der Waals surface area contributed by atoms with Crippen LogP contribution in [0.3, 0.4) is 0 Å². The molecule has 2 N–H and O–H groups in total. The van der Waals surface area contributed by atoms with E-state index in [1.807, 2.05) is 0 Å². The molecule has 0 radical (unpaired) electrons. The normalized spacial score (nSPS) is 19.1. The Morgan fingerprint density at radius 2 is 1.93 bits per heavy atom. The monoisotopic (exact) mass is 413 g/mol. The van der Waals surface area contributed by atoms with Gasteiger partial charge in [0.2, 0.25) is 0 Å². The molecule has 0 spiro atoms. The molecule has 0 aliphatic carbocycles. The molecule has 29 heavy (non-hydrogen) atoms. The van der Waals surface area contributed by atoms with E-state index in [9.17, 15) is 22.4 Å². The van der Waals surface area contributed by atoms with Gasteiger partial charge in [0.05, 0.1) is 17.9 Å². The van der Waals surface area contributed by atoms with Gasteiger partial charge in [-0.15, -0.1) is 13.2 Å². The Morgan fingerprint density at radius 1 is 1.24 bits per heavy atom. The van der Waals surface area contributed by atoms with E-state index in [1.165, 1.54) is 17.2 Å². The Hall–Kier alpha value is -2.88. The third-order valence-electron chi connectivity index (χ3n) is 4.19. The number of nitrogens with zero attached hydrogens (tertiary/aromatic N) is 2. The topological polar surface area (TPSA) is 77.7 Å². The Kier molecular flexibility index (Phi) is 4.94. The van der Waals surface area contributed by atoms with Crippen LogP contribution >= 0.6 is 0 Å². The van der Waals surface area contributed by atoms with Crippen molar-refractivity contribution in [1.29, 1.82) is 0 Å². The number of carbonyl (C=O) groups excluding carboxylic acids is 1. The van der Waals surface area contributed by atoms with E-state index in [0.29, 0.717) is 5.69 Å². The fourth-order valence-corrected chi connectivity index (χ4v) is 3.06. The van der Waals surface area contributed by atoms with Gasteiger partial charge in [-0.25, -0.2) is 9.18 Å². The molecule has 1 aliphatic rings. The zero-order chi connectivity index (χ0) is 21.6. The van der Waals surface area contributed by atoms with Gasteiger partial charge in [0.1, 0.15) is 11.1 Å². The summed E-state index contributed by atoms with van der Waals surface area (Å²) in [6, 6.07) is 6.10. The van der Waals surface area contributed by atoms with E-state index in [0.717, 1.165) is 12.1 Å². The van der Waals surface area contributed by atoms with Crippen molar-refractivity contribution in [2.75, 3.05) is 11.4 Å². The highest BCUT2D eigenvalue weighted by Crippen LogP contribution is 2.42. The number of fused-ring (bicyclic) bond motifs is 1. The number of halogens is 4. The molecule has 156 valence electrons. The SMILES string of the molecule is CC(C)(C)OC(=O)N1CC(N)(c2ccc(OC(F)(F)F)c(F)c2)c2ncccc21. The summed E-state index contributed by atoms with van der Waals surface area (Å²) in [5.74, 6) is -2.22. The fourth-order valence-electron chi connectivity index (χ4n) is 3.06. The van der Waals surface area contributed by atoms with E-state index in [-0.39, 0.29) is 17.8 Å². The van der Waals surface area contributed by atoms with Crippen molar-refractivity contribution in [1.82, 2.24) is 4.98 Å². The first-order valence-corrected chi connectivity index (χ1v) is 8.61. The lowest BCUT2D eigenvalue weighted by Gasteiger charge is -2.27. The highest BCUT2D eigenvalue weighted by atomic mass is 19.4. The number of amides is 1. The average molecular weight is 413 g/mol. The first-order chi connectivity index (χ1) is 13.3. The number of nitrogens with two attached hydrogens (primary N) is 1. The van der Waals surface area contributed by atoms with Gasteiger partial charge in [-0.1, -0.05) is 6.07 Å². The smallest absolute Gasteiger partial charge is 0.443 e. The summed E-state index contributed by atoms with van der Waals surface area (Å²) in [6.07, 6.45) is -4.24. The molecule has 0 fully saturated rings. The number of hydrogen-bond acceptors (Lipinski definition) is 5. The Morgan fingerprint density at radius 3 is 2.52 bits per heavy atom. The van der Waals surface area contributed by atoms with Crippen LogP contribution in [-0.2, 0) is 10.3 Å². The molecule has 1 unspecified atom stereocenters.